The minimum atomic E-state index is 0.539. The van der Waals surface area contributed by atoms with Crippen LogP contribution in [0.4, 0.5) is 5.69 Å². The van der Waals surface area contributed by atoms with E-state index in [1.54, 1.807) is 13.3 Å². The molecule has 2 rings (SSSR count). The third-order valence-corrected chi connectivity index (χ3v) is 2.89. The Morgan fingerprint density at radius 3 is 2.83 bits per heavy atom. The molecular weight excluding hydrogens is 248 g/mol. The van der Waals surface area contributed by atoms with Crippen molar-refractivity contribution in [2.24, 2.45) is 0 Å². The van der Waals surface area contributed by atoms with Gasteiger partial charge in [-0.05, 0) is 17.2 Å². The number of hydrogen-bond acceptors (Lipinski definition) is 3. The van der Waals surface area contributed by atoms with Gasteiger partial charge in [0.25, 0.3) is 0 Å². The molecule has 0 bridgehead atoms. The third-order valence-electron chi connectivity index (χ3n) is 2.59. The first kappa shape index (κ1) is 12.7. The van der Waals surface area contributed by atoms with Crippen molar-refractivity contribution >= 4 is 17.3 Å². The fraction of sp³-hybridized carbons (Fsp3) is 0.214. The van der Waals surface area contributed by atoms with E-state index in [0.29, 0.717) is 11.8 Å². The minimum absolute atomic E-state index is 0.539. The van der Waals surface area contributed by atoms with Crippen molar-refractivity contribution in [2.75, 3.05) is 12.4 Å². The first-order chi connectivity index (χ1) is 8.81. The van der Waals surface area contributed by atoms with E-state index in [1.807, 2.05) is 24.3 Å². The van der Waals surface area contributed by atoms with Crippen molar-refractivity contribution in [1.82, 2.24) is 4.98 Å². The van der Waals surface area contributed by atoms with Crippen LogP contribution in [-0.2, 0) is 12.4 Å². The van der Waals surface area contributed by atoms with Crippen LogP contribution in [0.25, 0.3) is 0 Å². The van der Waals surface area contributed by atoms with E-state index in [2.05, 4.69) is 22.4 Å². The van der Waals surface area contributed by atoms with Crippen LogP contribution in [0.2, 0.25) is 0 Å². The molecule has 0 atom stereocenters. The zero-order valence-electron chi connectivity index (χ0n) is 10.2. The molecule has 0 spiro atoms. The quantitative estimate of drug-likeness (QED) is 0.838. The van der Waals surface area contributed by atoms with Crippen LogP contribution in [0.3, 0.4) is 0 Å². The average molecular weight is 263 g/mol. The number of nitrogens with one attached hydrogen (secondary N) is 1. The van der Waals surface area contributed by atoms with Crippen molar-refractivity contribution in [3.8, 4) is 5.88 Å². The largest absolute Gasteiger partial charge is 0.481 e. The van der Waals surface area contributed by atoms with Gasteiger partial charge >= 0.3 is 0 Å². The van der Waals surface area contributed by atoms with Gasteiger partial charge in [-0.2, -0.15) is 0 Å². The van der Waals surface area contributed by atoms with E-state index in [0.717, 1.165) is 17.8 Å². The first-order valence-electron chi connectivity index (χ1n) is 5.69. The number of alkyl halides is 1. The summed E-state index contributed by atoms with van der Waals surface area (Å²) < 4.78 is 5.07. The number of benzene rings is 1. The van der Waals surface area contributed by atoms with Crippen LogP contribution in [0.1, 0.15) is 11.1 Å². The molecule has 0 aliphatic carbocycles. The molecule has 0 radical (unpaired) electrons. The number of halogens is 1. The van der Waals surface area contributed by atoms with Crippen molar-refractivity contribution in [3.05, 3.63) is 53.7 Å². The molecule has 0 aliphatic rings. The summed E-state index contributed by atoms with van der Waals surface area (Å²) in [6, 6.07) is 12.0. The molecule has 0 aliphatic heterocycles. The summed E-state index contributed by atoms with van der Waals surface area (Å²) in [5, 5.41) is 3.32. The highest BCUT2D eigenvalue weighted by atomic mass is 35.5. The highest BCUT2D eigenvalue weighted by Crippen LogP contribution is 2.15. The third kappa shape index (κ3) is 3.37. The van der Waals surface area contributed by atoms with Crippen LogP contribution in [0.15, 0.2) is 42.6 Å². The van der Waals surface area contributed by atoms with E-state index in [9.17, 15) is 0 Å². The lowest BCUT2D eigenvalue weighted by Gasteiger charge is -2.08. The highest BCUT2D eigenvalue weighted by molar-refractivity contribution is 6.17. The Balaban J connectivity index is 2.01. The predicted molar refractivity (Wildman–Crippen MR) is 74.1 cm³/mol. The van der Waals surface area contributed by atoms with Crippen molar-refractivity contribution in [3.63, 3.8) is 0 Å². The lowest BCUT2D eigenvalue weighted by Crippen LogP contribution is -2.00. The van der Waals surface area contributed by atoms with Gasteiger partial charge in [-0.3, -0.25) is 0 Å². The second kappa shape index (κ2) is 6.26. The number of anilines is 1. The zero-order chi connectivity index (χ0) is 12.8. The monoisotopic (exact) mass is 262 g/mol. The van der Waals surface area contributed by atoms with Crippen LogP contribution in [-0.4, -0.2) is 12.1 Å². The topological polar surface area (TPSA) is 34.1 Å². The molecule has 1 aromatic carbocycles. The van der Waals surface area contributed by atoms with E-state index < -0.39 is 0 Å². The van der Waals surface area contributed by atoms with E-state index in [1.165, 1.54) is 5.56 Å². The molecular formula is C14H15ClN2O. The molecule has 0 amide bonds. The maximum Gasteiger partial charge on any atom is 0.214 e. The van der Waals surface area contributed by atoms with Gasteiger partial charge in [-0.1, -0.05) is 24.3 Å². The Hall–Kier alpha value is -1.74. The molecule has 1 N–H and O–H groups in total. The van der Waals surface area contributed by atoms with Gasteiger partial charge in [-0.25, -0.2) is 4.98 Å². The summed E-state index contributed by atoms with van der Waals surface area (Å²) in [7, 11) is 1.61. The van der Waals surface area contributed by atoms with E-state index in [4.69, 9.17) is 16.3 Å². The number of pyridine rings is 1. The zero-order valence-corrected chi connectivity index (χ0v) is 10.9. The van der Waals surface area contributed by atoms with Gasteiger partial charge < -0.3 is 10.1 Å². The van der Waals surface area contributed by atoms with Gasteiger partial charge in [0.05, 0.1) is 7.11 Å². The molecule has 2 aromatic rings. The normalized spacial score (nSPS) is 10.1. The summed E-state index contributed by atoms with van der Waals surface area (Å²) >= 11 is 5.81. The van der Waals surface area contributed by atoms with Crippen LogP contribution in [0.5, 0.6) is 5.88 Å². The fourth-order valence-electron chi connectivity index (χ4n) is 1.66. The summed E-state index contributed by atoms with van der Waals surface area (Å²) in [6.45, 7) is 0.748. The Morgan fingerprint density at radius 1 is 1.22 bits per heavy atom. The van der Waals surface area contributed by atoms with Gasteiger partial charge in [0, 0.05) is 30.4 Å². The summed E-state index contributed by atoms with van der Waals surface area (Å²) in [4.78, 5) is 4.06. The van der Waals surface area contributed by atoms with Gasteiger partial charge in [-0.15, -0.1) is 11.6 Å². The Labute approximate surface area is 112 Å². The number of ether oxygens (including phenoxy) is 1. The SMILES string of the molecule is COc1cc(NCc2cccc(CCl)c2)ccn1. The smallest absolute Gasteiger partial charge is 0.214 e. The van der Waals surface area contributed by atoms with Gasteiger partial charge in [0.2, 0.25) is 5.88 Å². The van der Waals surface area contributed by atoms with Gasteiger partial charge in [0.15, 0.2) is 0 Å². The average Bonchev–Trinajstić information content (AvgIpc) is 2.45. The standard InChI is InChI=1S/C14H15ClN2O/c1-18-14-8-13(5-6-16-14)17-10-12-4-2-3-11(7-12)9-15/h2-8H,9-10H2,1H3,(H,16,17). The lowest BCUT2D eigenvalue weighted by molar-refractivity contribution is 0.398. The Kier molecular flexibility index (Phi) is 4.42. The maximum absolute atomic E-state index is 5.81. The maximum atomic E-state index is 5.81. The summed E-state index contributed by atoms with van der Waals surface area (Å²) in [5.41, 5.74) is 3.31. The molecule has 0 saturated carbocycles. The van der Waals surface area contributed by atoms with Crippen molar-refractivity contribution in [1.29, 1.82) is 0 Å². The van der Waals surface area contributed by atoms with Crippen LogP contribution < -0.4 is 10.1 Å². The minimum Gasteiger partial charge on any atom is -0.481 e. The molecule has 3 nitrogen and oxygen atoms in total. The fourth-order valence-corrected chi connectivity index (χ4v) is 1.82. The Morgan fingerprint density at radius 2 is 2.06 bits per heavy atom. The summed E-state index contributed by atoms with van der Waals surface area (Å²) in [5.74, 6) is 1.14. The number of nitrogens with zero attached hydrogens (tertiary/aromatic N) is 1. The molecule has 0 unspecified atom stereocenters. The van der Waals surface area contributed by atoms with Crippen LogP contribution >= 0.6 is 11.6 Å². The predicted octanol–water partition coefficient (Wildman–Crippen LogP) is 3.44. The molecule has 0 saturated heterocycles. The molecule has 1 aromatic heterocycles. The molecule has 18 heavy (non-hydrogen) atoms. The molecule has 94 valence electrons. The number of methoxy groups -OCH3 is 1. The summed E-state index contributed by atoms with van der Waals surface area (Å²) in [6.07, 6.45) is 1.72. The molecule has 1 heterocycles. The van der Waals surface area contributed by atoms with Crippen molar-refractivity contribution in [2.45, 2.75) is 12.4 Å². The second-order valence-corrected chi connectivity index (χ2v) is 4.16. The first-order valence-corrected chi connectivity index (χ1v) is 6.23. The van der Waals surface area contributed by atoms with E-state index >= 15 is 0 Å². The van der Waals surface area contributed by atoms with E-state index in [-0.39, 0.29) is 0 Å². The molecule has 0 fully saturated rings. The number of rotatable bonds is 5. The van der Waals surface area contributed by atoms with Crippen molar-refractivity contribution < 1.29 is 4.74 Å². The number of hydrogen-bond donors (Lipinski definition) is 1. The molecule has 4 heteroatoms. The van der Waals surface area contributed by atoms with Crippen LogP contribution in [0, 0.1) is 0 Å². The Bertz CT molecular complexity index is 469. The van der Waals surface area contributed by atoms with Gasteiger partial charge in [0.1, 0.15) is 0 Å². The second-order valence-electron chi connectivity index (χ2n) is 3.89. The lowest BCUT2D eigenvalue weighted by atomic mass is 10.1. The number of aromatic nitrogens is 1. The highest BCUT2D eigenvalue weighted by Gasteiger charge is 1.98.